The Balaban J connectivity index is 1.97. The Labute approximate surface area is 114 Å². The van der Waals surface area contributed by atoms with E-state index in [1.807, 2.05) is 31.2 Å². The Hall–Kier alpha value is -1.95. The lowest BCUT2D eigenvalue weighted by molar-refractivity contribution is -0.127. The first-order chi connectivity index (χ1) is 9.24. The monoisotopic (exact) mass is 257 g/mol. The van der Waals surface area contributed by atoms with Gasteiger partial charge in [-0.15, -0.1) is 12.3 Å². The standard InChI is InChI=1S/C16H19NO2/c1-3-7-14(4-2)17-16(18)13-10-12-8-5-6-9-15(12)19-11-13/h1,5-6,8-9,13-14H,4,7,10-11H2,2H3,(H,17,18). The minimum Gasteiger partial charge on any atom is -0.492 e. The normalized spacial score (nSPS) is 18.6. The lowest BCUT2D eigenvalue weighted by Gasteiger charge is -2.26. The van der Waals surface area contributed by atoms with Gasteiger partial charge in [0.15, 0.2) is 0 Å². The summed E-state index contributed by atoms with van der Waals surface area (Å²) in [5, 5.41) is 3.01. The maximum atomic E-state index is 12.2. The van der Waals surface area contributed by atoms with E-state index in [4.69, 9.17) is 11.2 Å². The Morgan fingerprint density at radius 1 is 1.58 bits per heavy atom. The van der Waals surface area contributed by atoms with Crippen LogP contribution in [0.5, 0.6) is 5.75 Å². The van der Waals surface area contributed by atoms with Crippen molar-refractivity contribution in [2.75, 3.05) is 6.61 Å². The predicted octanol–water partition coefficient (Wildman–Crippen LogP) is 2.16. The second-order valence-corrected chi connectivity index (χ2v) is 4.84. The molecule has 0 aromatic heterocycles. The van der Waals surface area contributed by atoms with Gasteiger partial charge in [-0.3, -0.25) is 4.79 Å². The molecule has 19 heavy (non-hydrogen) atoms. The molecule has 2 unspecified atom stereocenters. The van der Waals surface area contributed by atoms with Crippen molar-refractivity contribution in [3.05, 3.63) is 29.8 Å². The zero-order valence-corrected chi connectivity index (χ0v) is 11.2. The van der Waals surface area contributed by atoms with E-state index in [1.54, 1.807) is 0 Å². The molecule has 2 atom stereocenters. The van der Waals surface area contributed by atoms with E-state index < -0.39 is 0 Å². The van der Waals surface area contributed by atoms with E-state index in [9.17, 15) is 4.79 Å². The number of rotatable bonds is 4. The average molecular weight is 257 g/mol. The molecule has 100 valence electrons. The number of benzene rings is 1. The molecule has 1 aromatic rings. The van der Waals surface area contributed by atoms with Crippen LogP contribution in [0, 0.1) is 18.3 Å². The fraction of sp³-hybridized carbons (Fsp3) is 0.438. The highest BCUT2D eigenvalue weighted by molar-refractivity contribution is 5.80. The van der Waals surface area contributed by atoms with Crippen molar-refractivity contribution in [2.45, 2.75) is 32.2 Å². The first kappa shape index (κ1) is 13.5. The molecule has 0 aliphatic carbocycles. The fourth-order valence-corrected chi connectivity index (χ4v) is 2.26. The van der Waals surface area contributed by atoms with Gasteiger partial charge in [-0.05, 0) is 24.5 Å². The lowest BCUT2D eigenvalue weighted by Crippen LogP contribution is -2.42. The van der Waals surface area contributed by atoms with Gasteiger partial charge >= 0.3 is 0 Å². The van der Waals surface area contributed by atoms with Crippen molar-refractivity contribution in [1.82, 2.24) is 5.32 Å². The fourth-order valence-electron chi connectivity index (χ4n) is 2.26. The third-order valence-corrected chi connectivity index (χ3v) is 3.45. The van der Waals surface area contributed by atoms with Crippen LogP contribution in [0.25, 0.3) is 0 Å². The van der Waals surface area contributed by atoms with Crippen molar-refractivity contribution in [2.24, 2.45) is 5.92 Å². The molecule has 3 nitrogen and oxygen atoms in total. The van der Waals surface area contributed by atoms with Crippen molar-refractivity contribution >= 4 is 5.91 Å². The number of carbonyl (C=O) groups is 1. The Kier molecular flexibility index (Phi) is 4.46. The summed E-state index contributed by atoms with van der Waals surface area (Å²) in [7, 11) is 0. The van der Waals surface area contributed by atoms with Gasteiger partial charge in [-0.2, -0.15) is 0 Å². The summed E-state index contributed by atoms with van der Waals surface area (Å²) in [4.78, 5) is 12.2. The molecular weight excluding hydrogens is 238 g/mol. The number of ether oxygens (including phenoxy) is 1. The largest absolute Gasteiger partial charge is 0.492 e. The third kappa shape index (κ3) is 3.29. The molecule has 1 N–H and O–H groups in total. The van der Waals surface area contributed by atoms with Crippen LogP contribution in [0.1, 0.15) is 25.3 Å². The van der Waals surface area contributed by atoms with E-state index in [1.165, 1.54) is 0 Å². The third-order valence-electron chi connectivity index (χ3n) is 3.45. The molecule has 1 heterocycles. The van der Waals surface area contributed by atoms with E-state index in [0.29, 0.717) is 13.0 Å². The van der Waals surface area contributed by atoms with Gasteiger partial charge in [0, 0.05) is 12.5 Å². The van der Waals surface area contributed by atoms with E-state index in [0.717, 1.165) is 24.2 Å². The number of nitrogens with one attached hydrogen (secondary N) is 1. The van der Waals surface area contributed by atoms with Crippen molar-refractivity contribution in [3.8, 4) is 18.1 Å². The molecule has 1 aromatic carbocycles. The second-order valence-electron chi connectivity index (χ2n) is 4.84. The molecule has 0 fully saturated rings. The number of terminal acetylenes is 1. The highest BCUT2D eigenvalue weighted by atomic mass is 16.5. The smallest absolute Gasteiger partial charge is 0.227 e. The van der Waals surface area contributed by atoms with E-state index in [2.05, 4.69) is 11.2 Å². The first-order valence-corrected chi connectivity index (χ1v) is 6.69. The van der Waals surface area contributed by atoms with Crippen LogP contribution in [0.4, 0.5) is 0 Å². The number of carbonyl (C=O) groups excluding carboxylic acids is 1. The van der Waals surface area contributed by atoms with Crippen LogP contribution < -0.4 is 10.1 Å². The van der Waals surface area contributed by atoms with Crippen LogP contribution in [-0.2, 0) is 11.2 Å². The van der Waals surface area contributed by atoms with Crippen LogP contribution in [0.3, 0.4) is 0 Å². The molecule has 0 spiro atoms. The van der Waals surface area contributed by atoms with E-state index in [-0.39, 0.29) is 17.9 Å². The van der Waals surface area contributed by atoms with Gasteiger partial charge in [0.2, 0.25) is 5.91 Å². The van der Waals surface area contributed by atoms with Gasteiger partial charge in [-0.25, -0.2) is 0 Å². The zero-order valence-electron chi connectivity index (χ0n) is 11.2. The van der Waals surface area contributed by atoms with Gasteiger partial charge < -0.3 is 10.1 Å². The molecule has 1 aliphatic heterocycles. The highest BCUT2D eigenvalue weighted by Gasteiger charge is 2.26. The quantitative estimate of drug-likeness (QED) is 0.839. The van der Waals surface area contributed by atoms with Crippen LogP contribution in [0.2, 0.25) is 0 Å². The maximum Gasteiger partial charge on any atom is 0.227 e. The highest BCUT2D eigenvalue weighted by Crippen LogP contribution is 2.26. The predicted molar refractivity (Wildman–Crippen MR) is 74.8 cm³/mol. The summed E-state index contributed by atoms with van der Waals surface area (Å²) < 4.78 is 5.63. The first-order valence-electron chi connectivity index (χ1n) is 6.69. The van der Waals surface area contributed by atoms with Crippen molar-refractivity contribution in [1.29, 1.82) is 0 Å². The minimum absolute atomic E-state index is 0.0385. The number of hydrogen-bond donors (Lipinski definition) is 1. The average Bonchev–Trinajstić information content (AvgIpc) is 2.46. The summed E-state index contributed by atoms with van der Waals surface area (Å²) in [5.41, 5.74) is 1.10. The molecule has 1 aliphatic rings. The molecule has 0 saturated heterocycles. The maximum absolute atomic E-state index is 12.2. The molecule has 0 saturated carbocycles. The van der Waals surface area contributed by atoms with Gasteiger partial charge in [0.25, 0.3) is 0 Å². The van der Waals surface area contributed by atoms with Crippen molar-refractivity contribution < 1.29 is 9.53 Å². The molecule has 3 heteroatoms. The zero-order chi connectivity index (χ0) is 13.7. The van der Waals surface area contributed by atoms with Crippen LogP contribution >= 0.6 is 0 Å². The lowest BCUT2D eigenvalue weighted by atomic mass is 9.95. The van der Waals surface area contributed by atoms with Crippen LogP contribution in [0.15, 0.2) is 24.3 Å². The van der Waals surface area contributed by atoms with E-state index >= 15 is 0 Å². The summed E-state index contributed by atoms with van der Waals surface area (Å²) >= 11 is 0. The Morgan fingerprint density at radius 3 is 3.11 bits per heavy atom. The SMILES string of the molecule is C#CCC(CC)NC(=O)C1COc2ccccc2C1. The Bertz CT molecular complexity index is 490. The topological polar surface area (TPSA) is 38.3 Å². The number of amides is 1. The molecule has 0 bridgehead atoms. The summed E-state index contributed by atoms with van der Waals surface area (Å²) in [6.07, 6.45) is 7.45. The summed E-state index contributed by atoms with van der Waals surface area (Å²) in [6, 6.07) is 7.92. The summed E-state index contributed by atoms with van der Waals surface area (Å²) in [6.45, 7) is 2.46. The molecule has 0 radical (unpaired) electrons. The van der Waals surface area contributed by atoms with Crippen molar-refractivity contribution in [3.63, 3.8) is 0 Å². The van der Waals surface area contributed by atoms with Gasteiger partial charge in [0.05, 0.1) is 5.92 Å². The molecular formula is C16H19NO2. The molecule has 1 amide bonds. The van der Waals surface area contributed by atoms with Crippen LogP contribution in [-0.4, -0.2) is 18.6 Å². The number of fused-ring (bicyclic) bond motifs is 1. The second kappa shape index (κ2) is 6.29. The Morgan fingerprint density at radius 2 is 2.37 bits per heavy atom. The number of para-hydroxylation sites is 1. The number of hydrogen-bond acceptors (Lipinski definition) is 2. The minimum atomic E-state index is -0.123. The molecule has 2 rings (SSSR count). The van der Waals surface area contributed by atoms with Gasteiger partial charge in [-0.1, -0.05) is 25.1 Å². The summed E-state index contributed by atoms with van der Waals surface area (Å²) in [5.74, 6) is 3.40. The van der Waals surface area contributed by atoms with Gasteiger partial charge in [0.1, 0.15) is 12.4 Å².